The van der Waals surface area contributed by atoms with Crippen molar-refractivity contribution in [1.82, 2.24) is 0 Å². The topological polar surface area (TPSA) is 55.4 Å². The molecule has 3 rings (SSSR count). The lowest BCUT2D eigenvalue weighted by Gasteiger charge is -2.31. The van der Waals surface area contributed by atoms with Crippen molar-refractivity contribution >= 4 is 33.3 Å². The van der Waals surface area contributed by atoms with Crippen LogP contribution in [0.25, 0.3) is 0 Å². The van der Waals surface area contributed by atoms with Gasteiger partial charge in [0.05, 0.1) is 12.0 Å². The molecule has 0 radical (unpaired) electrons. The number of hydrogen-bond acceptors (Lipinski definition) is 3. The molecule has 0 saturated heterocycles. The molecule has 1 aliphatic rings. The van der Waals surface area contributed by atoms with Gasteiger partial charge in [-0.1, -0.05) is 15.9 Å². The van der Waals surface area contributed by atoms with E-state index in [1.807, 2.05) is 39.0 Å². The minimum absolute atomic E-state index is 0.00427. The lowest BCUT2D eigenvalue weighted by molar-refractivity contribution is 0.0620. The first-order valence-corrected chi connectivity index (χ1v) is 8.48. The second kappa shape index (κ2) is 6.06. The summed E-state index contributed by atoms with van der Waals surface area (Å²) in [4.78, 5) is 24.8. The number of hydrogen-bond donors (Lipinski definition) is 1. The predicted octanol–water partition coefficient (Wildman–Crippen LogP) is 4.75. The van der Waals surface area contributed by atoms with Crippen LogP contribution in [0.5, 0.6) is 5.75 Å². The number of rotatable bonds is 2. The average molecular weight is 388 g/mol. The number of Topliss-reactive ketones (excluding diaryl/α,β-unsaturated/α-hetero) is 1. The Morgan fingerprint density at radius 3 is 2.67 bits per heavy atom. The highest BCUT2D eigenvalue weighted by atomic mass is 79.9. The van der Waals surface area contributed by atoms with Crippen molar-refractivity contribution in [2.45, 2.75) is 32.8 Å². The Morgan fingerprint density at radius 2 is 1.96 bits per heavy atom. The number of anilines is 1. The second-order valence-corrected chi connectivity index (χ2v) is 7.45. The van der Waals surface area contributed by atoms with Crippen LogP contribution in [0.15, 0.2) is 40.9 Å². The van der Waals surface area contributed by atoms with Crippen molar-refractivity contribution in [3.05, 3.63) is 57.6 Å². The lowest BCUT2D eigenvalue weighted by Crippen LogP contribution is -2.36. The van der Waals surface area contributed by atoms with Gasteiger partial charge in [0.1, 0.15) is 11.4 Å². The summed E-state index contributed by atoms with van der Waals surface area (Å²) >= 11 is 3.43. The summed E-state index contributed by atoms with van der Waals surface area (Å²) in [5.41, 5.74) is 2.13. The lowest BCUT2D eigenvalue weighted by atomic mass is 9.92. The van der Waals surface area contributed by atoms with Crippen LogP contribution in [-0.2, 0) is 0 Å². The molecule has 0 saturated carbocycles. The average Bonchev–Trinajstić information content (AvgIpc) is 2.49. The number of fused-ring (bicyclic) bond motifs is 1. The normalized spacial score (nSPS) is 15.4. The first kappa shape index (κ1) is 16.7. The number of carbonyl (C=O) groups is 2. The molecule has 0 aromatic heterocycles. The number of halogens is 1. The van der Waals surface area contributed by atoms with E-state index < -0.39 is 5.60 Å². The third-order valence-corrected chi connectivity index (χ3v) is 4.82. The summed E-state index contributed by atoms with van der Waals surface area (Å²) in [5.74, 6) is 0.278. The van der Waals surface area contributed by atoms with Crippen molar-refractivity contribution in [2.75, 3.05) is 5.32 Å². The number of amides is 1. The van der Waals surface area contributed by atoms with E-state index in [-0.39, 0.29) is 11.7 Å². The maximum Gasteiger partial charge on any atom is 0.255 e. The quantitative estimate of drug-likeness (QED) is 0.808. The van der Waals surface area contributed by atoms with Crippen LogP contribution >= 0.6 is 15.9 Å². The zero-order valence-electron chi connectivity index (χ0n) is 13.8. The van der Waals surface area contributed by atoms with E-state index in [0.717, 1.165) is 10.0 Å². The summed E-state index contributed by atoms with van der Waals surface area (Å²) in [7, 11) is 0. The highest BCUT2D eigenvalue weighted by Crippen LogP contribution is 2.33. The van der Waals surface area contributed by atoms with E-state index in [9.17, 15) is 9.59 Å². The molecule has 0 aliphatic carbocycles. The molecule has 0 bridgehead atoms. The summed E-state index contributed by atoms with van der Waals surface area (Å²) < 4.78 is 6.80. The zero-order chi connectivity index (χ0) is 17.5. The van der Waals surface area contributed by atoms with Gasteiger partial charge >= 0.3 is 0 Å². The van der Waals surface area contributed by atoms with E-state index in [4.69, 9.17) is 4.74 Å². The van der Waals surface area contributed by atoms with Crippen LogP contribution in [0.3, 0.4) is 0 Å². The Morgan fingerprint density at radius 1 is 1.21 bits per heavy atom. The molecule has 0 fully saturated rings. The van der Waals surface area contributed by atoms with E-state index >= 15 is 0 Å². The molecule has 0 atom stereocenters. The number of benzene rings is 2. The maximum atomic E-state index is 12.5. The van der Waals surface area contributed by atoms with Gasteiger partial charge in [-0.25, -0.2) is 0 Å². The van der Waals surface area contributed by atoms with Gasteiger partial charge in [-0.05, 0) is 62.7 Å². The van der Waals surface area contributed by atoms with E-state index in [1.165, 1.54) is 0 Å². The minimum atomic E-state index is -0.511. The Labute approximate surface area is 149 Å². The first-order valence-electron chi connectivity index (χ1n) is 7.69. The third kappa shape index (κ3) is 3.36. The fourth-order valence-corrected chi connectivity index (χ4v) is 2.97. The SMILES string of the molecule is Cc1cc(NC(=O)c2ccc3c(c2)C(=O)CC(C)(C)O3)ccc1Br. The standard InChI is InChI=1S/C19H18BrNO3/c1-11-8-13(5-6-15(11)20)21-18(23)12-4-7-17-14(9-12)16(22)10-19(2,3)24-17/h4-9H,10H2,1-3H3,(H,21,23). The van der Waals surface area contributed by atoms with E-state index in [1.54, 1.807) is 18.2 Å². The summed E-state index contributed by atoms with van der Waals surface area (Å²) in [6, 6.07) is 10.6. The van der Waals surface area contributed by atoms with Gasteiger partial charge in [0, 0.05) is 15.7 Å². The van der Waals surface area contributed by atoms with Crippen LogP contribution in [0.2, 0.25) is 0 Å². The van der Waals surface area contributed by atoms with Gasteiger partial charge in [-0.3, -0.25) is 9.59 Å². The van der Waals surface area contributed by atoms with Gasteiger partial charge in [0.25, 0.3) is 5.91 Å². The Balaban J connectivity index is 1.85. The largest absolute Gasteiger partial charge is 0.487 e. The molecular weight excluding hydrogens is 370 g/mol. The summed E-state index contributed by atoms with van der Waals surface area (Å²) in [5, 5.41) is 2.85. The molecular formula is C19H18BrNO3. The highest BCUT2D eigenvalue weighted by molar-refractivity contribution is 9.10. The fourth-order valence-electron chi connectivity index (χ4n) is 2.72. The van der Waals surface area contributed by atoms with Crippen molar-refractivity contribution in [1.29, 1.82) is 0 Å². The minimum Gasteiger partial charge on any atom is -0.487 e. The Kier molecular flexibility index (Phi) is 4.22. The first-order chi connectivity index (χ1) is 11.2. The van der Waals surface area contributed by atoms with Gasteiger partial charge in [-0.15, -0.1) is 0 Å². The molecule has 2 aromatic rings. The van der Waals surface area contributed by atoms with Crippen LogP contribution < -0.4 is 10.1 Å². The van der Waals surface area contributed by atoms with Gasteiger partial charge < -0.3 is 10.1 Å². The summed E-state index contributed by atoms with van der Waals surface area (Å²) in [6.07, 6.45) is 0.303. The number of ether oxygens (including phenoxy) is 1. The number of carbonyl (C=O) groups excluding carboxylic acids is 2. The zero-order valence-corrected chi connectivity index (χ0v) is 15.4. The number of aryl methyl sites for hydroxylation is 1. The molecule has 124 valence electrons. The maximum absolute atomic E-state index is 12.5. The van der Waals surface area contributed by atoms with Gasteiger partial charge in [0.2, 0.25) is 0 Å². The molecule has 24 heavy (non-hydrogen) atoms. The molecule has 0 spiro atoms. The molecule has 5 heteroatoms. The molecule has 1 amide bonds. The van der Waals surface area contributed by atoms with Crippen LogP contribution in [0, 0.1) is 6.92 Å². The highest BCUT2D eigenvalue weighted by Gasteiger charge is 2.32. The predicted molar refractivity (Wildman–Crippen MR) is 96.9 cm³/mol. The molecule has 0 unspecified atom stereocenters. The second-order valence-electron chi connectivity index (χ2n) is 6.59. The fraction of sp³-hybridized carbons (Fsp3) is 0.263. The van der Waals surface area contributed by atoms with E-state index in [0.29, 0.717) is 29.0 Å². The van der Waals surface area contributed by atoms with Crippen LogP contribution in [0.4, 0.5) is 5.69 Å². The van der Waals surface area contributed by atoms with Gasteiger partial charge in [-0.2, -0.15) is 0 Å². The Bertz CT molecular complexity index is 843. The molecule has 2 aromatic carbocycles. The van der Waals surface area contributed by atoms with Crippen molar-refractivity contribution in [3.8, 4) is 5.75 Å². The summed E-state index contributed by atoms with van der Waals surface area (Å²) in [6.45, 7) is 5.71. The van der Waals surface area contributed by atoms with Crippen LogP contribution in [-0.4, -0.2) is 17.3 Å². The monoisotopic (exact) mass is 387 g/mol. The van der Waals surface area contributed by atoms with Gasteiger partial charge in [0.15, 0.2) is 5.78 Å². The Hall–Kier alpha value is -2.14. The molecule has 4 nitrogen and oxygen atoms in total. The molecule has 1 heterocycles. The third-order valence-electron chi connectivity index (χ3n) is 3.93. The van der Waals surface area contributed by atoms with E-state index in [2.05, 4.69) is 21.2 Å². The van der Waals surface area contributed by atoms with Crippen LogP contribution in [0.1, 0.15) is 46.5 Å². The van der Waals surface area contributed by atoms with Crippen molar-refractivity contribution in [2.24, 2.45) is 0 Å². The number of ketones is 1. The van der Waals surface area contributed by atoms with Crippen molar-refractivity contribution in [3.63, 3.8) is 0 Å². The molecule has 1 N–H and O–H groups in total. The number of nitrogens with one attached hydrogen (secondary N) is 1. The smallest absolute Gasteiger partial charge is 0.255 e. The van der Waals surface area contributed by atoms with Crippen molar-refractivity contribution < 1.29 is 14.3 Å². The molecule has 1 aliphatic heterocycles.